The molecule has 6 heteroatoms. The van der Waals surface area contributed by atoms with E-state index in [2.05, 4.69) is 9.97 Å². The van der Waals surface area contributed by atoms with Gasteiger partial charge < -0.3 is 20.2 Å². The number of nitrogens with zero attached hydrogens (tertiary/aromatic N) is 1. The quantitative estimate of drug-likeness (QED) is 0.500. The van der Waals surface area contributed by atoms with Crippen LogP contribution in [0, 0.1) is 0 Å². The van der Waals surface area contributed by atoms with Crippen LogP contribution < -0.4 is 5.73 Å². The molecular formula is C10H17N3O3. The molecule has 0 aromatic carbocycles. The van der Waals surface area contributed by atoms with Crippen LogP contribution in [-0.4, -0.2) is 41.8 Å². The molecular weight excluding hydrogens is 210 g/mol. The zero-order valence-electron chi connectivity index (χ0n) is 9.31. The topological polar surface area (TPSA) is 90.2 Å². The lowest BCUT2D eigenvalue weighted by Gasteiger charge is -2.10. The average molecular weight is 227 g/mol. The zero-order chi connectivity index (χ0) is 11.8. The number of carbonyl (C=O) groups is 1. The van der Waals surface area contributed by atoms with Crippen molar-refractivity contribution < 1.29 is 14.3 Å². The van der Waals surface area contributed by atoms with Crippen LogP contribution in [0.15, 0.2) is 12.5 Å². The van der Waals surface area contributed by atoms with Crippen LogP contribution in [0.25, 0.3) is 0 Å². The highest BCUT2D eigenvalue weighted by molar-refractivity contribution is 5.75. The highest BCUT2D eigenvalue weighted by Crippen LogP contribution is 1.98. The number of ether oxygens (including phenoxy) is 2. The first-order valence-electron chi connectivity index (χ1n) is 5.21. The van der Waals surface area contributed by atoms with Crippen molar-refractivity contribution in [1.29, 1.82) is 0 Å². The molecule has 0 fully saturated rings. The first kappa shape index (κ1) is 12.7. The van der Waals surface area contributed by atoms with Crippen LogP contribution in [-0.2, 0) is 20.7 Å². The Morgan fingerprint density at radius 2 is 2.44 bits per heavy atom. The van der Waals surface area contributed by atoms with Gasteiger partial charge in [0.2, 0.25) is 0 Å². The largest absolute Gasteiger partial charge is 0.462 e. The number of hydrogen-bond acceptors (Lipinski definition) is 5. The van der Waals surface area contributed by atoms with Gasteiger partial charge in [0, 0.05) is 24.9 Å². The molecule has 1 aromatic heterocycles. The fourth-order valence-corrected chi connectivity index (χ4v) is 1.17. The average Bonchev–Trinajstić information content (AvgIpc) is 2.76. The number of nitrogens with one attached hydrogen (secondary N) is 1. The number of carbonyl (C=O) groups excluding carboxylic acids is 1. The number of aromatic nitrogens is 2. The SMILES string of the molecule is CCOCCOC(=O)C(N)Cc1cnc[nH]1. The molecule has 0 aliphatic carbocycles. The number of aromatic amines is 1. The van der Waals surface area contributed by atoms with Crippen LogP contribution in [0.5, 0.6) is 0 Å². The maximum absolute atomic E-state index is 11.4. The van der Waals surface area contributed by atoms with Crippen LogP contribution in [0.3, 0.4) is 0 Å². The summed E-state index contributed by atoms with van der Waals surface area (Å²) in [6.07, 6.45) is 3.57. The van der Waals surface area contributed by atoms with Crippen molar-refractivity contribution in [1.82, 2.24) is 9.97 Å². The van der Waals surface area contributed by atoms with Crippen molar-refractivity contribution in [3.8, 4) is 0 Å². The minimum atomic E-state index is -0.665. The standard InChI is InChI=1S/C10H17N3O3/c1-2-15-3-4-16-10(14)9(11)5-8-6-12-7-13-8/h6-7,9H,2-5,11H2,1H3,(H,12,13). The van der Waals surface area contributed by atoms with Gasteiger partial charge in [-0.1, -0.05) is 0 Å². The van der Waals surface area contributed by atoms with E-state index in [1.54, 1.807) is 12.5 Å². The predicted molar refractivity (Wildman–Crippen MR) is 57.7 cm³/mol. The molecule has 1 heterocycles. The van der Waals surface area contributed by atoms with Crippen LogP contribution >= 0.6 is 0 Å². The molecule has 0 amide bonds. The molecule has 1 atom stereocenters. The second-order valence-electron chi connectivity index (χ2n) is 3.25. The summed E-state index contributed by atoms with van der Waals surface area (Å²) in [5.74, 6) is -0.422. The molecule has 0 spiro atoms. The minimum Gasteiger partial charge on any atom is -0.462 e. The summed E-state index contributed by atoms with van der Waals surface area (Å²) in [7, 11) is 0. The first-order chi connectivity index (χ1) is 7.74. The lowest BCUT2D eigenvalue weighted by Crippen LogP contribution is -2.35. The monoisotopic (exact) mass is 227 g/mol. The Hall–Kier alpha value is -1.40. The number of H-pyrrole nitrogens is 1. The highest BCUT2D eigenvalue weighted by Gasteiger charge is 2.15. The van der Waals surface area contributed by atoms with Crippen LogP contribution in [0.1, 0.15) is 12.6 Å². The van der Waals surface area contributed by atoms with Gasteiger partial charge in [-0.05, 0) is 6.92 Å². The van der Waals surface area contributed by atoms with E-state index in [1.165, 1.54) is 0 Å². The maximum Gasteiger partial charge on any atom is 0.323 e. The van der Waals surface area contributed by atoms with Gasteiger partial charge in [-0.15, -0.1) is 0 Å². The summed E-state index contributed by atoms with van der Waals surface area (Å²) in [4.78, 5) is 18.1. The van der Waals surface area contributed by atoms with Crippen molar-refractivity contribution in [2.24, 2.45) is 5.73 Å². The number of imidazole rings is 1. The molecule has 0 saturated carbocycles. The summed E-state index contributed by atoms with van der Waals surface area (Å²) in [6, 6.07) is -0.665. The van der Waals surface area contributed by atoms with Gasteiger partial charge in [-0.3, -0.25) is 4.79 Å². The van der Waals surface area contributed by atoms with E-state index < -0.39 is 12.0 Å². The third-order valence-electron chi connectivity index (χ3n) is 1.97. The van der Waals surface area contributed by atoms with Crippen molar-refractivity contribution >= 4 is 5.97 Å². The Morgan fingerprint density at radius 3 is 3.06 bits per heavy atom. The molecule has 0 aliphatic heterocycles. The lowest BCUT2D eigenvalue weighted by molar-refractivity contribution is -0.146. The molecule has 1 rings (SSSR count). The van der Waals surface area contributed by atoms with Crippen LogP contribution in [0.2, 0.25) is 0 Å². The van der Waals surface area contributed by atoms with E-state index in [0.717, 1.165) is 5.69 Å². The van der Waals surface area contributed by atoms with Crippen LogP contribution in [0.4, 0.5) is 0 Å². The smallest absolute Gasteiger partial charge is 0.323 e. The summed E-state index contributed by atoms with van der Waals surface area (Å²) in [5, 5.41) is 0. The number of rotatable bonds is 7. The van der Waals surface area contributed by atoms with E-state index in [1.807, 2.05) is 6.92 Å². The second-order valence-corrected chi connectivity index (χ2v) is 3.25. The van der Waals surface area contributed by atoms with Gasteiger partial charge in [0.1, 0.15) is 12.6 Å². The van der Waals surface area contributed by atoms with E-state index >= 15 is 0 Å². The molecule has 16 heavy (non-hydrogen) atoms. The third-order valence-corrected chi connectivity index (χ3v) is 1.97. The van der Waals surface area contributed by atoms with Gasteiger partial charge in [0.05, 0.1) is 12.9 Å². The fraction of sp³-hybridized carbons (Fsp3) is 0.600. The van der Waals surface area contributed by atoms with E-state index in [0.29, 0.717) is 19.6 Å². The Kier molecular flexibility index (Phi) is 5.52. The van der Waals surface area contributed by atoms with E-state index in [-0.39, 0.29) is 6.61 Å². The third kappa shape index (κ3) is 4.41. The molecule has 1 aromatic rings. The lowest BCUT2D eigenvalue weighted by atomic mass is 10.2. The molecule has 0 saturated heterocycles. The second kappa shape index (κ2) is 6.97. The van der Waals surface area contributed by atoms with Crippen molar-refractivity contribution in [3.63, 3.8) is 0 Å². The van der Waals surface area contributed by atoms with Gasteiger partial charge in [-0.2, -0.15) is 0 Å². The van der Waals surface area contributed by atoms with Crippen molar-refractivity contribution in [2.45, 2.75) is 19.4 Å². The Morgan fingerprint density at radius 1 is 1.62 bits per heavy atom. The molecule has 6 nitrogen and oxygen atoms in total. The van der Waals surface area contributed by atoms with Gasteiger partial charge in [0.15, 0.2) is 0 Å². The summed E-state index contributed by atoms with van der Waals surface area (Å²) >= 11 is 0. The Labute approximate surface area is 94.1 Å². The van der Waals surface area contributed by atoms with Gasteiger partial charge in [-0.25, -0.2) is 4.98 Å². The van der Waals surface area contributed by atoms with Gasteiger partial charge >= 0.3 is 5.97 Å². The summed E-state index contributed by atoms with van der Waals surface area (Å²) in [6.45, 7) is 3.13. The minimum absolute atomic E-state index is 0.239. The Balaban J connectivity index is 2.20. The molecule has 3 N–H and O–H groups in total. The van der Waals surface area contributed by atoms with Gasteiger partial charge in [0.25, 0.3) is 0 Å². The number of nitrogens with two attached hydrogens (primary N) is 1. The summed E-state index contributed by atoms with van der Waals surface area (Å²) in [5.41, 5.74) is 6.47. The normalized spacial score (nSPS) is 12.4. The molecule has 0 radical (unpaired) electrons. The van der Waals surface area contributed by atoms with E-state index in [9.17, 15) is 4.79 Å². The first-order valence-corrected chi connectivity index (χ1v) is 5.21. The number of esters is 1. The predicted octanol–water partition coefficient (Wildman–Crippen LogP) is -0.141. The van der Waals surface area contributed by atoms with E-state index in [4.69, 9.17) is 15.2 Å². The van der Waals surface area contributed by atoms with Crippen molar-refractivity contribution in [3.05, 3.63) is 18.2 Å². The molecule has 1 unspecified atom stereocenters. The molecule has 90 valence electrons. The highest BCUT2D eigenvalue weighted by atomic mass is 16.6. The molecule has 0 bridgehead atoms. The zero-order valence-corrected chi connectivity index (χ0v) is 9.31. The fourth-order valence-electron chi connectivity index (χ4n) is 1.17. The maximum atomic E-state index is 11.4. The Bertz CT molecular complexity index is 300. The van der Waals surface area contributed by atoms with Crippen molar-refractivity contribution in [2.75, 3.05) is 19.8 Å². The molecule has 0 aliphatic rings. The summed E-state index contributed by atoms with van der Waals surface area (Å²) < 4.78 is 9.97. The number of hydrogen-bond donors (Lipinski definition) is 2.